The van der Waals surface area contributed by atoms with Gasteiger partial charge in [0.2, 0.25) is 0 Å². The molecule has 146 valence electrons. The van der Waals surface area contributed by atoms with Crippen LogP contribution >= 0.6 is 22.6 Å². The van der Waals surface area contributed by atoms with Crippen molar-refractivity contribution in [2.45, 2.75) is 13.2 Å². The summed E-state index contributed by atoms with van der Waals surface area (Å²) >= 11 is 2.03. The van der Waals surface area contributed by atoms with Crippen LogP contribution in [0.15, 0.2) is 30.3 Å². The van der Waals surface area contributed by atoms with Crippen molar-refractivity contribution in [2.75, 3.05) is 21.3 Å². The lowest BCUT2D eigenvalue weighted by molar-refractivity contribution is -0.0512. The molecule has 0 spiro atoms. The first kappa shape index (κ1) is 21.0. The molecule has 9 heteroatoms. The first-order valence-corrected chi connectivity index (χ1v) is 8.79. The number of halogens is 3. The molecule has 0 unspecified atom stereocenters. The van der Waals surface area contributed by atoms with E-state index in [9.17, 15) is 13.6 Å². The van der Waals surface area contributed by atoms with Gasteiger partial charge in [0.15, 0.2) is 23.0 Å². The zero-order valence-corrected chi connectivity index (χ0v) is 17.0. The molecule has 2 aromatic carbocycles. The number of methoxy groups -OCH3 is 3. The van der Waals surface area contributed by atoms with E-state index in [0.717, 1.165) is 0 Å². The van der Waals surface area contributed by atoms with E-state index in [0.29, 0.717) is 26.2 Å². The summed E-state index contributed by atoms with van der Waals surface area (Å²) in [4.78, 5) is 12.5. The van der Waals surface area contributed by atoms with Gasteiger partial charge in [0.05, 0.1) is 26.9 Å². The number of hydrogen-bond donors (Lipinski definition) is 1. The second-order valence-electron chi connectivity index (χ2n) is 5.23. The lowest BCUT2D eigenvalue weighted by Crippen LogP contribution is -2.23. The third-order valence-electron chi connectivity index (χ3n) is 3.62. The standard InChI is InChI=1S/C18H18F2INO5/c1-24-14-6-10(4-5-13(14)27-18(19)20)9-22-17(23)11-7-15(25-2)16(26-3)8-12(11)21/h4-8,18H,9H2,1-3H3,(H,22,23). The molecule has 0 aliphatic heterocycles. The number of benzene rings is 2. The quantitative estimate of drug-likeness (QED) is 0.567. The van der Waals surface area contributed by atoms with Crippen LogP contribution in [0.25, 0.3) is 0 Å². The molecule has 0 atom stereocenters. The van der Waals surface area contributed by atoms with Crippen molar-refractivity contribution < 1.29 is 32.5 Å². The first-order chi connectivity index (χ1) is 12.9. The largest absolute Gasteiger partial charge is 0.493 e. The molecule has 0 aliphatic carbocycles. The zero-order chi connectivity index (χ0) is 20.0. The molecule has 2 rings (SSSR count). The fourth-order valence-corrected chi connectivity index (χ4v) is 3.00. The molecule has 0 fully saturated rings. The van der Waals surface area contributed by atoms with Gasteiger partial charge >= 0.3 is 6.61 Å². The molecule has 0 bridgehead atoms. The van der Waals surface area contributed by atoms with Crippen LogP contribution in [0.5, 0.6) is 23.0 Å². The fourth-order valence-electron chi connectivity index (χ4n) is 2.32. The third-order valence-corrected chi connectivity index (χ3v) is 4.51. The van der Waals surface area contributed by atoms with E-state index in [4.69, 9.17) is 14.2 Å². The van der Waals surface area contributed by atoms with E-state index in [1.807, 2.05) is 22.6 Å². The van der Waals surface area contributed by atoms with Gasteiger partial charge in [-0.05, 0) is 52.4 Å². The summed E-state index contributed by atoms with van der Waals surface area (Å²) in [6.07, 6.45) is 0. The molecular weight excluding hydrogens is 475 g/mol. The Bertz CT molecular complexity index is 817. The maximum atomic E-state index is 12.5. The minimum Gasteiger partial charge on any atom is -0.493 e. The summed E-state index contributed by atoms with van der Waals surface area (Å²) in [7, 11) is 4.35. The molecule has 0 aliphatic rings. The zero-order valence-electron chi connectivity index (χ0n) is 14.8. The molecule has 0 aromatic heterocycles. The SMILES string of the molecule is COc1cc(I)c(C(=O)NCc2ccc(OC(F)F)c(OC)c2)cc1OC. The number of ether oxygens (including phenoxy) is 4. The van der Waals surface area contributed by atoms with Crippen LogP contribution in [0.3, 0.4) is 0 Å². The van der Waals surface area contributed by atoms with E-state index in [2.05, 4.69) is 10.1 Å². The van der Waals surface area contributed by atoms with Gasteiger partial charge in [-0.25, -0.2) is 0 Å². The Morgan fingerprint density at radius 2 is 1.59 bits per heavy atom. The Balaban J connectivity index is 2.13. The van der Waals surface area contributed by atoms with Crippen LogP contribution in [-0.4, -0.2) is 33.8 Å². The summed E-state index contributed by atoms with van der Waals surface area (Å²) in [6, 6.07) is 7.76. The van der Waals surface area contributed by atoms with E-state index in [-0.39, 0.29) is 24.0 Å². The average molecular weight is 493 g/mol. The van der Waals surface area contributed by atoms with Gasteiger partial charge in [0, 0.05) is 10.1 Å². The van der Waals surface area contributed by atoms with E-state index < -0.39 is 6.61 Å². The maximum absolute atomic E-state index is 12.5. The average Bonchev–Trinajstić information content (AvgIpc) is 2.66. The summed E-state index contributed by atoms with van der Waals surface area (Å²) in [5, 5.41) is 2.77. The summed E-state index contributed by atoms with van der Waals surface area (Å²) in [6.45, 7) is -2.77. The molecule has 6 nitrogen and oxygen atoms in total. The Kier molecular flexibility index (Phi) is 7.45. The van der Waals surface area contributed by atoms with Crippen molar-refractivity contribution in [3.8, 4) is 23.0 Å². The minimum atomic E-state index is -2.95. The van der Waals surface area contributed by atoms with Crippen LogP contribution in [0.4, 0.5) is 8.78 Å². The topological polar surface area (TPSA) is 66.0 Å². The predicted molar refractivity (Wildman–Crippen MR) is 103 cm³/mol. The molecule has 2 aromatic rings. The Morgan fingerprint density at radius 1 is 1.00 bits per heavy atom. The molecule has 27 heavy (non-hydrogen) atoms. The van der Waals surface area contributed by atoms with Crippen molar-refractivity contribution in [1.29, 1.82) is 0 Å². The second kappa shape index (κ2) is 9.58. The summed E-state index contributed by atoms with van der Waals surface area (Å²) < 4.78 is 45.3. The number of amides is 1. The number of hydrogen-bond acceptors (Lipinski definition) is 5. The van der Waals surface area contributed by atoms with Gasteiger partial charge in [0.1, 0.15) is 0 Å². The van der Waals surface area contributed by atoms with Crippen LogP contribution in [0.1, 0.15) is 15.9 Å². The van der Waals surface area contributed by atoms with E-state index in [1.54, 1.807) is 18.2 Å². The summed E-state index contributed by atoms with van der Waals surface area (Å²) in [5.41, 5.74) is 1.09. The second-order valence-corrected chi connectivity index (χ2v) is 6.40. The van der Waals surface area contributed by atoms with Crippen LogP contribution < -0.4 is 24.3 Å². The molecule has 1 N–H and O–H groups in total. The molecular formula is C18H18F2INO5. The van der Waals surface area contributed by atoms with Gasteiger partial charge in [-0.3, -0.25) is 4.79 Å². The van der Waals surface area contributed by atoms with Crippen LogP contribution in [-0.2, 0) is 6.54 Å². The van der Waals surface area contributed by atoms with Gasteiger partial charge < -0.3 is 24.3 Å². The van der Waals surface area contributed by atoms with Gasteiger partial charge in [-0.15, -0.1) is 0 Å². The number of carbonyl (C=O) groups is 1. The highest BCUT2D eigenvalue weighted by Gasteiger charge is 2.16. The monoisotopic (exact) mass is 493 g/mol. The molecule has 0 heterocycles. The summed E-state index contributed by atoms with van der Waals surface area (Å²) in [5.74, 6) is 0.739. The third kappa shape index (κ3) is 5.34. The van der Waals surface area contributed by atoms with Crippen molar-refractivity contribution in [3.63, 3.8) is 0 Å². The van der Waals surface area contributed by atoms with Crippen molar-refractivity contribution in [2.24, 2.45) is 0 Å². The normalized spacial score (nSPS) is 10.5. The number of carbonyl (C=O) groups excluding carboxylic acids is 1. The van der Waals surface area contributed by atoms with Gasteiger partial charge in [0.25, 0.3) is 5.91 Å². The first-order valence-electron chi connectivity index (χ1n) is 7.71. The van der Waals surface area contributed by atoms with Crippen LogP contribution in [0, 0.1) is 3.57 Å². The highest BCUT2D eigenvalue weighted by Crippen LogP contribution is 2.32. The number of alkyl halides is 2. The number of nitrogens with one attached hydrogen (secondary N) is 1. The maximum Gasteiger partial charge on any atom is 0.387 e. The highest BCUT2D eigenvalue weighted by molar-refractivity contribution is 14.1. The Labute approximate surface area is 168 Å². The van der Waals surface area contributed by atoms with Gasteiger partial charge in [-0.1, -0.05) is 6.07 Å². The molecule has 1 amide bonds. The lowest BCUT2D eigenvalue weighted by atomic mass is 10.1. The van der Waals surface area contributed by atoms with Gasteiger partial charge in [-0.2, -0.15) is 8.78 Å². The van der Waals surface area contributed by atoms with Crippen LogP contribution in [0.2, 0.25) is 0 Å². The lowest BCUT2D eigenvalue weighted by Gasteiger charge is -2.13. The van der Waals surface area contributed by atoms with Crippen molar-refractivity contribution >= 4 is 28.5 Å². The predicted octanol–water partition coefficient (Wildman–Crippen LogP) is 3.85. The van der Waals surface area contributed by atoms with Crippen molar-refractivity contribution in [3.05, 3.63) is 45.0 Å². The van der Waals surface area contributed by atoms with E-state index in [1.165, 1.54) is 33.5 Å². The molecule has 0 radical (unpaired) electrons. The molecule has 0 saturated carbocycles. The van der Waals surface area contributed by atoms with E-state index >= 15 is 0 Å². The minimum absolute atomic E-state index is 0.0722. The molecule has 0 saturated heterocycles. The highest BCUT2D eigenvalue weighted by atomic mass is 127. The number of rotatable bonds is 8. The fraction of sp³-hybridized carbons (Fsp3) is 0.278. The Morgan fingerprint density at radius 3 is 2.19 bits per heavy atom. The smallest absolute Gasteiger partial charge is 0.387 e. The Hall–Kier alpha value is -2.30. The van der Waals surface area contributed by atoms with Crippen molar-refractivity contribution in [1.82, 2.24) is 5.32 Å².